The van der Waals surface area contributed by atoms with Gasteiger partial charge in [-0.05, 0) is 69.0 Å². The number of hydrogen-bond acceptors (Lipinski definition) is 6. The zero-order chi connectivity index (χ0) is 21.8. The number of benzene rings is 2. The van der Waals surface area contributed by atoms with Crippen molar-refractivity contribution in [3.8, 4) is 17.2 Å². The summed E-state index contributed by atoms with van der Waals surface area (Å²) in [7, 11) is 1.60. The summed E-state index contributed by atoms with van der Waals surface area (Å²) in [5.41, 5.74) is 2.04. The number of methoxy groups -OCH3 is 1. The summed E-state index contributed by atoms with van der Waals surface area (Å²) in [5.74, 6) is 1.56. The number of nitrogens with one attached hydrogen (secondary N) is 2. The second-order valence-corrected chi connectivity index (χ2v) is 7.97. The largest absolute Gasteiger partial charge is 0.508 e. The maximum atomic E-state index is 14.4. The van der Waals surface area contributed by atoms with E-state index in [9.17, 15) is 9.50 Å². The quantitative estimate of drug-likeness (QED) is 0.394. The molecule has 3 aromatic rings. The van der Waals surface area contributed by atoms with E-state index in [-0.39, 0.29) is 23.8 Å². The SMILES string of the molecule is COc1cc2c(Nc3cc(O)c(C)cc3F)ccnc2cc1OCCCC1CCNC1.Cl. The minimum absolute atomic E-state index is 0. The highest BCUT2D eigenvalue weighted by atomic mass is 35.5. The van der Waals surface area contributed by atoms with Crippen LogP contribution in [0.1, 0.15) is 24.8 Å². The maximum Gasteiger partial charge on any atom is 0.163 e. The van der Waals surface area contributed by atoms with E-state index in [1.165, 1.54) is 18.6 Å². The molecule has 1 atom stereocenters. The van der Waals surface area contributed by atoms with Crippen molar-refractivity contribution >= 4 is 34.7 Å². The second kappa shape index (κ2) is 10.7. The molecule has 4 rings (SSSR count). The summed E-state index contributed by atoms with van der Waals surface area (Å²) in [6.07, 6.45) is 5.02. The smallest absolute Gasteiger partial charge is 0.163 e. The van der Waals surface area contributed by atoms with Crippen LogP contribution >= 0.6 is 12.4 Å². The Morgan fingerprint density at radius 1 is 1.22 bits per heavy atom. The number of pyridine rings is 1. The van der Waals surface area contributed by atoms with Crippen LogP contribution in [0, 0.1) is 18.7 Å². The van der Waals surface area contributed by atoms with Gasteiger partial charge in [0.15, 0.2) is 11.5 Å². The maximum absolute atomic E-state index is 14.4. The molecule has 2 aromatic carbocycles. The van der Waals surface area contributed by atoms with Gasteiger partial charge in [0, 0.05) is 29.4 Å². The molecule has 1 saturated heterocycles. The average molecular weight is 462 g/mol. The number of halogens is 2. The zero-order valence-electron chi connectivity index (χ0n) is 18.3. The summed E-state index contributed by atoms with van der Waals surface area (Å²) in [6, 6.07) is 8.13. The first kappa shape index (κ1) is 23.9. The van der Waals surface area contributed by atoms with Gasteiger partial charge in [-0.1, -0.05) is 0 Å². The minimum atomic E-state index is -0.440. The van der Waals surface area contributed by atoms with Crippen molar-refractivity contribution in [1.82, 2.24) is 10.3 Å². The Balaban J connectivity index is 0.00000289. The highest BCUT2D eigenvalue weighted by Gasteiger charge is 2.15. The fourth-order valence-corrected chi connectivity index (χ4v) is 3.95. The third-order valence-corrected chi connectivity index (χ3v) is 5.76. The van der Waals surface area contributed by atoms with Gasteiger partial charge in [0.1, 0.15) is 11.6 Å². The molecule has 0 bridgehead atoms. The van der Waals surface area contributed by atoms with Crippen LogP contribution in [0.5, 0.6) is 17.2 Å². The van der Waals surface area contributed by atoms with Crippen molar-refractivity contribution in [1.29, 1.82) is 0 Å². The average Bonchev–Trinajstić information content (AvgIpc) is 3.28. The van der Waals surface area contributed by atoms with Crippen molar-refractivity contribution in [2.45, 2.75) is 26.2 Å². The van der Waals surface area contributed by atoms with Gasteiger partial charge in [-0.2, -0.15) is 0 Å². The van der Waals surface area contributed by atoms with Crippen molar-refractivity contribution in [2.24, 2.45) is 5.92 Å². The molecule has 1 aliphatic heterocycles. The molecule has 1 aliphatic rings. The van der Waals surface area contributed by atoms with E-state index in [0.29, 0.717) is 34.9 Å². The van der Waals surface area contributed by atoms with Gasteiger partial charge in [0.25, 0.3) is 0 Å². The summed E-state index contributed by atoms with van der Waals surface area (Å²) < 4.78 is 25.9. The number of phenolic OH excluding ortho intramolecular Hbond substituents is 1. The van der Waals surface area contributed by atoms with Gasteiger partial charge in [0.2, 0.25) is 0 Å². The molecule has 0 aliphatic carbocycles. The van der Waals surface area contributed by atoms with Crippen LogP contribution < -0.4 is 20.1 Å². The number of anilines is 2. The Morgan fingerprint density at radius 2 is 2.06 bits per heavy atom. The number of ether oxygens (including phenoxy) is 2. The van der Waals surface area contributed by atoms with Crippen molar-refractivity contribution in [3.05, 3.63) is 47.9 Å². The predicted octanol–water partition coefficient (Wildman–Crippen LogP) is 5.33. The molecule has 0 saturated carbocycles. The Bertz CT molecular complexity index is 1070. The summed E-state index contributed by atoms with van der Waals surface area (Å²) in [6.45, 7) is 4.47. The van der Waals surface area contributed by atoms with Crippen LogP contribution in [-0.4, -0.2) is 36.9 Å². The molecule has 1 unspecified atom stereocenters. The summed E-state index contributed by atoms with van der Waals surface area (Å²) in [4.78, 5) is 4.44. The molecule has 1 aromatic heterocycles. The van der Waals surface area contributed by atoms with Gasteiger partial charge in [-0.25, -0.2) is 4.39 Å². The van der Waals surface area contributed by atoms with E-state index in [0.717, 1.165) is 37.2 Å². The monoisotopic (exact) mass is 461 g/mol. The number of rotatable bonds is 8. The fourth-order valence-electron chi connectivity index (χ4n) is 3.95. The van der Waals surface area contributed by atoms with Gasteiger partial charge in [-0.3, -0.25) is 4.98 Å². The first-order chi connectivity index (χ1) is 15.0. The summed E-state index contributed by atoms with van der Waals surface area (Å²) >= 11 is 0. The third kappa shape index (κ3) is 5.34. The lowest BCUT2D eigenvalue weighted by Crippen LogP contribution is -2.10. The third-order valence-electron chi connectivity index (χ3n) is 5.76. The topological polar surface area (TPSA) is 75.6 Å². The van der Waals surface area contributed by atoms with Crippen molar-refractivity contribution in [3.63, 3.8) is 0 Å². The minimum Gasteiger partial charge on any atom is -0.508 e. The van der Waals surface area contributed by atoms with Crippen molar-refractivity contribution in [2.75, 3.05) is 32.1 Å². The second-order valence-electron chi connectivity index (χ2n) is 7.97. The highest BCUT2D eigenvalue weighted by Crippen LogP contribution is 2.36. The number of aryl methyl sites for hydroxylation is 1. The lowest BCUT2D eigenvalue weighted by atomic mass is 10.0. The number of nitrogens with zero attached hydrogens (tertiary/aromatic N) is 1. The Morgan fingerprint density at radius 3 is 2.81 bits per heavy atom. The van der Waals surface area contributed by atoms with Crippen LogP contribution in [0.3, 0.4) is 0 Å². The van der Waals surface area contributed by atoms with E-state index >= 15 is 0 Å². The molecule has 1 fully saturated rings. The van der Waals surface area contributed by atoms with E-state index in [1.807, 2.05) is 12.1 Å². The molecule has 3 N–H and O–H groups in total. The van der Waals surface area contributed by atoms with Gasteiger partial charge < -0.3 is 25.2 Å². The lowest BCUT2D eigenvalue weighted by molar-refractivity contribution is 0.278. The van der Waals surface area contributed by atoms with Crippen LogP contribution in [0.25, 0.3) is 10.9 Å². The molecule has 0 radical (unpaired) electrons. The first-order valence-electron chi connectivity index (χ1n) is 10.6. The Kier molecular flexibility index (Phi) is 7.99. The van der Waals surface area contributed by atoms with Gasteiger partial charge in [-0.15, -0.1) is 12.4 Å². The molecule has 172 valence electrons. The molecule has 0 amide bonds. The molecular weight excluding hydrogens is 433 g/mol. The molecule has 32 heavy (non-hydrogen) atoms. The molecular formula is C24H29ClFN3O3. The molecule has 2 heterocycles. The van der Waals surface area contributed by atoms with E-state index in [1.54, 1.807) is 26.3 Å². The first-order valence-corrected chi connectivity index (χ1v) is 10.6. The molecule has 0 spiro atoms. The number of aromatic hydroxyl groups is 1. The van der Waals surface area contributed by atoms with Crippen LogP contribution in [0.2, 0.25) is 0 Å². The predicted molar refractivity (Wildman–Crippen MR) is 127 cm³/mol. The molecule has 6 nitrogen and oxygen atoms in total. The van der Waals surface area contributed by atoms with Gasteiger partial charge in [0.05, 0.1) is 24.9 Å². The molecule has 8 heteroatoms. The van der Waals surface area contributed by atoms with E-state index < -0.39 is 5.82 Å². The number of hydrogen-bond donors (Lipinski definition) is 3. The van der Waals surface area contributed by atoms with Gasteiger partial charge >= 0.3 is 0 Å². The zero-order valence-corrected chi connectivity index (χ0v) is 19.1. The van der Waals surface area contributed by atoms with Crippen LogP contribution in [0.4, 0.5) is 15.8 Å². The Hall–Kier alpha value is -2.77. The van der Waals surface area contributed by atoms with Crippen LogP contribution in [-0.2, 0) is 0 Å². The number of fused-ring (bicyclic) bond motifs is 1. The lowest BCUT2D eigenvalue weighted by Gasteiger charge is -2.15. The number of aromatic nitrogens is 1. The van der Waals surface area contributed by atoms with E-state index in [2.05, 4.69) is 15.6 Å². The Labute approximate surface area is 193 Å². The summed E-state index contributed by atoms with van der Waals surface area (Å²) in [5, 5.41) is 17.2. The highest BCUT2D eigenvalue weighted by molar-refractivity contribution is 5.95. The fraction of sp³-hybridized carbons (Fsp3) is 0.375. The number of phenols is 1. The van der Waals surface area contributed by atoms with Crippen molar-refractivity contribution < 1.29 is 19.0 Å². The van der Waals surface area contributed by atoms with E-state index in [4.69, 9.17) is 9.47 Å². The standard InChI is InChI=1S/C24H28FN3O3.ClH/c1-15-10-18(25)21(12-22(15)29)28-19-6-8-27-20-13-24(23(30-2)11-17(19)20)31-9-3-4-16-5-7-26-14-16;/h6,8,10-13,16,26,29H,3-5,7,9,14H2,1-2H3,(H,27,28);1H. The van der Waals surface area contributed by atoms with Crippen LogP contribution in [0.15, 0.2) is 36.5 Å². The normalized spacial score (nSPS) is 15.4.